The van der Waals surface area contributed by atoms with Gasteiger partial charge in [-0.15, -0.1) is 34.2 Å². The first kappa shape index (κ1) is 22.3. The molecule has 1 fully saturated rings. The average Bonchev–Trinajstić information content (AvgIpc) is 3.19. The van der Waals surface area contributed by atoms with Crippen molar-refractivity contribution in [3.63, 3.8) is 0 Å². The Morgan fingerprint density at radius 3 is 2.64 bits per heavy atom. The average molecular weight is 499 g/mol. The predicted octanol–water partition coefficient (Wildman–Crippen LogP) is 1.86. The van der Waals surface area contributed by atoms with Crippen molar-refractivity contribution in [2.75, 3.05) is 51.8 Å². The molecular formula is C19H30IN7O. The van der Waals surface area contributed by atoms with Crippen molar-refractivity contribution in [3.05, 3.63) is 36.4 Å². The first-order valence-electron chi connectivity index (χ1n) is 9.47. The first-order chi connectivity index (χ1) is 13.3. The van der Waals surface area contributed by atoms with Gasteiger partial charge in [-0.2, -0.15) is 0 Å². The van der Waals surface area contributed by atoms with E-state index in [1.807, 2.05) is 19.2 Å². The second-order valence-corrected chi connectivity index (χ2v) is 6.41. The normalized spacial score (nSPS) is 14.6. The molecule has 28 heavy (non-hydrogen) atoms. The molecule has 1 aliphatic heterocycles. The molecule has 154 valence electrons. The molecule has 2 heterocycles. The zero-order valence-electron chi connectivity index (χ0n) is 16.8. The number of hydrogen-bond donors (Lipinski definition) is 1. The van der Waals surface area contributed by atoms with Gasteiger partial charge in [0.05, 0.1) is 12.8 Å². The van der Waals surface area contributed by atoms with Crippen molar-refractivity contribution in [3.8, 4) is 5.75 Å². The van der Waals surface area contributed by atoms with Crippen molar-refractivity contribution in [2.24, 2.45) is 4.99 Å². The summed E-state index contributed by atoms with van der Waals surface area (Å²) in [5.74, 6) is 2.88. The van der Waals surface area contributed by atoms with Gasteiger partial charge < -0.3 is 24.4 Å². The van der Waals surface area contributed by atoms with E-state index in [-0.39, 0.29) is 24.0 Å². The number of anilines is 1. The summed E-state index contributed by atoms with van der Waals surface area (Å²) in [5.41, 5.74) is 1.15. The van der Waals surface area contributed by atoms with E-state index in [9.17, 15) is 0 Å². The number of guanidine groups is 1. The van der Waals surface area contributed by atoms with Crippen LogP contribution < -0.4 is 15.0 Å². The van der Waals surface area contributed by atoms with Crippen molar-refractivity contribution in [2.45, 2.75) is 19.9 Å². The topological polar surface area (TPSA) is 70.8 Å². The highest BCUT2D eigenvalue weighted by Crippen LogP contribution is 2.28. The van der Waals surface area contributed by atoms with Gasteiger partial charge in [-0.1, -0.05) is 19.1 Å². The van der Waals surface area contributed by atoms with Gasteiger partial charge >= 0.3 is 0 Å². The number of nitrogens with one attached hydrogen (secondary N) is 1. The molecule has 2 aromatic rings. The Hall–Kier alpha value is -2.04. The molecule has 9 heteroatoms. The number of methoxy groups -OCH3 is 1. The fourth-order valence-corrected chi connectivity index (χ4v) is 3.41. The summed E-state index contributed by atoms with van der Waals surface area (Å²) in [6.45, 7) is 7.43. The maximum atomic E-state index is 5.50. The number of ether oxygens (including phenoxy) is 1. The highest BCUT2D eigenvalue weighted by molar-refractivity contribution is 14.0. The zero-order valence-corrected chi connectivity index (χ0v) is 19.2. The largest absolute Gasteiger partial charge is 0.495 e. The Morgan fingerprint density at radius 1 is 1.21 bits per heavy atom. The predicted molar refractivity (Wildman–Crippen MR) is 123 cm³/mol. The van der Waals surface area contributed by atoms with E-state index in [2.05, 4.69) is 53.9 Å². The smallest absolute Gasteiger partial charge is 0.193 e. The number of rotatable bonds is 6. The molecule has 1 aliphatic rings. The van der Waals surface area contributed by atoms with Crippen LogP contribution in [-0.4, -0.2) is 72.5 Å². The number of para-hydroxylation sites is 2. The summed E-state index contributed by atoms with van der Waals surface area (Å²) >= 11 is 0. The molecular weight excluding hydrogens is 469 g/mol. The second kappa shape index (κ2) is 11.1. The minimum absolute atomic E-state index is 0. The molecule has 0 bridgehead atoms. The van der Waals surface area contributed by atoms with Crippen LogP contribution >= 0.6 is 24.0 Å². The van der Waals surface area contributed by atoms with Gasteiger partial charge in [0.1, 0.15) is 17.9 Å². The Balaban J connectivity index is 0.00000280. The summed E-state index contributed by atoms with van der Waals surface area (Å²) < 4.78 is 7.58. The number of benzene rings is 1. The molecule has 0 aliphatic carbocycles. The number of piperazine rings is 1. The second-order valence-electron chi connectivity index (χ2n) is 6.41. The van der Waals surface area contributed by atoms with Gasteiger partial charge in [-0.25, -0.2) is 0 Å². The molecule has 1 aromatic carbocycles. The number of aliphatic imine (C=N–C) groups is 1. The Labute approximate surface area is 184 Å². The number of aromatic nitrogens is 3. The lowest BCUT2D eigenvalue weighted by Gasteiger charge is -2.38. The maximum Gasteiger partial charge on any atom is 0.193 e. The van der Waals surface area contributed by atoms with Gasteiger partial charge in [0.2, 0.25) is 0 Å². The minimum atomic E-state index is 0. The molecule has 3 rings (SSSR count). The van der Waals surface area contributed by atoms with E-state index < -0.39 is 0 Å². The zero-order chi connectivity index (χ0) is 19.1. The lowest BCUT2D eigenvalue weighted by atomic mass is 10.2. The number of nitrogens with zero attached hydrogens (tertiary/aromatic N) is 6. The van der Waals surface area contributed by atoms with Gasteiger partial charge in [0.15, 0.2) is 5.96 Å². The molecule has 0 atom stereocenters. The quantitative estimate of drug-likeness (QED) is 0.372. The Kier molecular flexibility index (Phi) is 8.81. The van der Waals surface area contributed by atoms with Crippen molar-refractivity contribution in [1.29, 1.82) is 0 Å². The van der Waals surface area contributed by atoms with Gasteiger partial charge in [-0.05, 0) is 12.1 Å². The molecule has 0 saturated carbocycles. The summed E-state index contributed by atoms with van der Waals surface area (Å²) in [7, 11) is 3.56. The molecule has 8 nitrogen and oxygen atoms in total. The lowest BCUT2D eigenvalue weighted by Crippen LogP contribution is -2.53. The van der Waals surface area contributed by atoms with Crippen LogP contribution in [0.4, 0.5) is 5.69 Å². The SMILES string of the molecule is CCc1nncn1CCNC(=NC)N1CCN(c2ccccc2OC)CC1.I. The van der Waals surface area contributed by atoms with Crippen LogP contribution in [0.25, 0.3) is 0 Å². The van der Waals surface area contributed by atoms with E-state index in [1.54, 1.807) is 13.4 Å². The molecule has 0 unspecified atom stereocenters. The Bertz CT molecular complexity index is 756. The van der Waals surface area contributed by atoms with Crippen LogP contribution in [0.3, 0.4) is 0 Å². The fourth-order valence-electron chi connectivity index (χ4n) is 3.41. The third-order valence-corrected chi connectivity index (χ3v) is 4.86. The van der Waals surface area contributed by atoms with Crippen LogP contribution in [0.2, 0.25) is 0 Å². The van der Waals surface area contributed by atoms with E-state index in [1.165, 1.54) is 0 Å². The van der Waals surface area contributed by atoms with Crippen LogP contribution in [0.15, 0.2) is 35.6 Å². The van der Waals surface area contributed by atoms with Crippen LogP contribution in [-0.2, 0) is 13.0 Å². The summed E-state index contributed by atoms with van der Waals surface area (Å²) in [6, 6.07) is 8.19. The molecule has 0 radical (unpaired) electrons. The van der Waals surface area contributed by atoms with Gasteiger partial charge in [-0.3, -0.25) is 4.99 Å². The maximum absolute atomic E-state index is 5.50. The standard InChI is InChI=1S/C19H29N7O.HI/c1-4-18-23-22-15-26(18)10-9-21-19(20-2)25-13-11-24(12-14-25)16-7-5-6-8-17(16)27-3;/h5-8,15H,4,9-14H2,1-3H3,(H,20,21);1H. The van der Waals surface area contributed by atoms with E-state index >= 15 is 0 Å². The molecule has 1 N–H and O–H groups in total. The van der Waals surface area contributed by atoms with Gasteiger partial charge in [0.25, 0.3) is 0 Å². The van der Waals surface area contributed by atoms with Crippen molar-refractivity contribution < 1.29 is 4.74 Å². The first-order valence-corrected chi connectivity index (χ1v) is 9.47. The minimum Gasteiger partial charge on any atom is -0.495 e. The monoisotopic (exact) mass is 499 g/mol. The van der Waals surface area contributed by atoms with Crippen LogP contribution in [0.5, 0.6) is 5.75 Å². The highest BCUT2D eigenvalue weighted by atomic mass is 127. The fraction of sp³-hybridized carbons (Fsp3) is 0.526. The van der Waals surface area contributed by atoms with Crippen molar-refractivity contribution in [1.82, 2.24) is 25.0 Å². The van der Waals surface area contributed by atoms with E-state index in [0.717, 1.165) is 68.9 Å². The number of aryl methyl sites for hydroxylation is 1. The summed E-state index contributed by atoms with van der Waals surface area (Å²) in [6.07, 6.45) is 2.68. The van der Waals surface area contributed by atoms with Crippen LogP contribution in [0, 0.1) is 0 Å². The summed E-state index contributed by atoms with van der Waals surface area (Å²) in [5, 5.41) is 11.6. The molecule has 0 spiro atoms. The third-order valence-electron chi connectivity index (χ3n) is 4.86. The summed E-state index contributed by atoms with van der Waals surface area (Å²) in [4.78, 5) is 9.13. The molecule has 1 saturated heterocycles. The number of halogens is 1. The molecule has 0 amide bonds. The molecule has 1 aromatic heterocycles. The van der Waals surface area contributed by atoms with Gasteiger partial charge in [0, 0.05) is 52.7 Å². The van der Waals surface area contributed by atoms with Crippen molar-refractivity contribution >= 4 is 35.6 Å². The van der Waals surface area contributed by atoms with E-state index in [4.69, 9.17) is 4.74 Å². The number of hydrogen-bond acceptors (Lipinski definition) is 5. The Morgan fingerprint density at radius 2 is 1.96 bits per heavy atom. The van der Waals surface area contributed by atoms with E-state index in [0.29, 0.717) is 0 Å². The lowest BCUT2D eigenvalue weighted by molar-refractivity contribution is 0.366. The highest BCUT2D eigenvalue weighted by Gasteiger charge is 2.21. The third kappa shape index (κ3) is 5.27. The van der Waals surface area contributed by atoms with Crippen LogP contribution in [0.1, 0.15) is 12.7 Å².